The highest BCUT2D eigenvalue weighted by Gasteiger charge is 2.02. The fourth-order valence-corrected chi connectivity index (χ4v) is 1.65. The SMILES string of the molecule is CCCCC(CC)[SiH2]O. The highest BCUT2D eigenvalue weighted by molar-refractivity contribution is 6.27. The molecule has 0 radical (unpaired) electrons. The van der Waals surface area contributed by atoms with Gasteiger partial charge in [0, 0.05) is 0 Å². The lowest BCUT2D eigenvalue weighted by molar-refractivity contribution is 0.544. The zero-order valence-electron chi connectivity index (χ0n) is 6.56. The van der Waals surface area contributed by atoms with Gasteiger partial charge >= 0.3 is 0 Å². The third-order valence-electron chi connectivity index (χ3n) is 1.80. The van der Waals surface area contributed by atoms with E-state index in [1.54, 1.807) is 0 Å². The van der Waals surface area contributed by atoms with Crippen LogP contribution in [0.3, 0.4) is 0 Å². The van der Waals surface area contributed by atoms with Crippen LogP contribution in [0.15, 0.2) is 0 Å². The van der Waals surface area contributed by atoms with Crippen LogP contribution in [-0.4, -0.2) is 14.6 Å². The largest absolute Gasteiger partial charge is 0.438 e. The quantitative estimate of drug-likeness (QED) is 0.582. The van der Waals surface area contributed by atoms with E-state index in [0.29, 0.717) is 5.54 Å². The zero-order valence-corrected chi connectivity index (χ0v) is 7.97. The van der Waals surface area contributed by atoms with E-state index in [9.17, 15) is 0 Å². The summed E-state index contributed by atoms with van der Waals surface area (Å²) in [4.78, 5) is 8.89. The topological polar surface area (TPSA) is 20.2 Å². The molecular weight excluding hydrogens is 128 g/mol. The predicted molar refractivity (Wildman–Crippen MR) is 44.3 cm³/mol. The Labute approximate surface area is 60.4 Å². The van der Waals surface area contributed by atoms with Gasteiger partial charge in [0.25, 0.3) is 0 Å². The van der Waals surface area contributed by atoms with E-state index in [-0.39, 0.29) is 0 Å². The molecule has 0 aliphatic carbocycles. The normalized spacial score (nSPS) is 15.0. The Bertz CT molecular complexity index is 52.9. The summed E-state index contributed by atoms with van der Waals surface area (Å²) in [5, 5.41) is 0. The van der Waals surface area contributed by atoms with Crippen molar-refractivity contribution in [2.75, 3.05) is 0 Å². The third-order valence-corrected chi connectivity index (χ3v) is 3.30. The first-order valence-corrected chi connectivity index (χ1v) is 5.40. The molecule has 0 aromatic heterocycles. The first-order valence-electron chi connectivity index (χ1n) is 3.96. The Kier molecular flexibility index (Phi) is 6.42. The predicted octanol–water partition coefficient (Wildman–Crippen LogP) is 1.45. The molecule has 2 heteroatoms. The van der Waals surface area contributed by atoms with Gasteiger partial charge in [0.2, 0.25) is 0 Å². The summed E-state index contributed by atoms with van der Waals surface area (Å²) in [6.45, 7) is 4.37. The Balaban J connectivity index is 3.09. The Hall–Kier alpha value is 0.177. The summed E-state index contributed by atoms with van der Waals surface area (Å²) in [7, 11) is -0.692. The van der Waals surface area contributed by atoms with Crippen LogP contribution in [0.5, 0.6) is 0 Å². The molecule has 0 saturated carbocycles. The lowest BCUT2D eigenvalue weighted by atomic mass is 10.2. The van der Waals surface area contributed by atoms with E-state index in [4.69, 9.17) is 4.80 Å². The van der Waals surface area contributed by atoms with Crippen LogP contribution >= 0.6 is 0 Å². The first kappa shape index (κ1) is 9.18. The molecule has 0 spiro atoms. The number of unbranched alkanes of at least 4 members (excludes halogenated alkanes) is 1. The van der Waals surface area contributed by atoms with Crippen molar-refractivity contribution in [2.24, 2.45) is 0 Å². The molecule has 1 atom stereocenters. The summed E-state index contributed by atoms with van der Waals surface area (Å²) < 4.78 is 0. The average molecular weight is 146 g/mol. The molecule has 0 saturated heterocycles. The third kappa shape index (κ3) is 4.67. The van der Waals surface area contributed by atoms with E-state index in [2.05, 4.69) is 13.8 Å². The van der Waals surface area contributed by atoms with E-state index < -0.39 is 9.76 Å². The van der Waals surface area contributed by atoms with E-state index >= 15 is 0 Å². The maximum atomic E-state index is 8.89. The molecule has 0 rings (SSSR count). The molecule has 0 heterocycles. The molecular formula is C7H18OSi. The summed E-state index contributed by atoms with van der Waals surface area (Å²) >= 11 is 0. The molecule has 0 fully saturated rings. The summed E-state index contributed by atoms with van der Waals surface area (Å²) in [6, 6.07) is 0. The molecule has 0 amide bonds. The summed E-state index contributed by atoms with van der Waals surface area (Å²) in [6.07, 6.45) is 5.01. The van der Waals surface area contributed by atoms with Gasteiger partial charge in [0.1, 0.15) is 0 Å². The molecule has 1 nitrogen and oxygen atoms in total. The molecule has 0 aliphatic rings. The lowest BCUT2D eigenvalue weighted by Crippen LogP contribution is -2.00. The van der Waals surface area contributed by atoms with Crippen LogP contribution in [0.4, 0.5) is 0 Å². The maximum Gasteiger partial charge on any atom is 0.159 e. The minimum absolute atomic E-state index is 0.692. The second kappa shape index (κ2) is 6.30. The summed E-state index contributed by atoms with van der Waals surface area (Å²) in [5.74, 6) is 0. The highest BCUT2D eigenvalue weighted by atomic mass is 28.2. The van der Waals surface area contributed by atoms with E-state index in [0.717, 1.165) is 0 Å². The number of hydrogen-bond donors (Lipinski definition) is 1. The van der Waals surface area contributed by atoms with Crippen molar-refractivity contribution in [3.8, 4) is 0 Å². The van der Waals surface area contributed by atoms with E-state index in [1.807, 2.05) is 0 Å². The molecule has 9 heavy (non-hydrogen) atoms. The molecule has 0 aromatic carbocycles. The minimum atomic E-state index is -0.692. The second-order valence-electron chi connectivity index (χ2n) is 2.60. The smallest absolute Gasteiger partial charge is 0.159 e. The number of hydrogen-bond acceptors (Lipinski definition) is 1. The molecule has 0 aliphatic heterocycles. The minimum Gasteiger partial charge on any atom is -0.438 e. The molecule has 0 aromatic rings. The molecule has 1 N–H and O–H groups in total. The average Bonchev–Trinajstić information content (AvgIpc) is 1.91. The van der Waals surface area contributed by atoms with Crippen LogP contribution in [-0.2, 0) is 0 Å². The molecule has 1 unspecified atom stereocenters. The van der Waals surface area contributed by atoms with Crippen LogP contribution < -0.4 is 0 Å². The van der Waals surface area contributed by atoms with Gasteiger partial charge in [-0.2, -0.15) is 0 Å². The fourth-order valence-electron chi connectivity index (χ4n) is 0.917. The van der Waals surface area contributed by atoms with Crippen molar-refractivity contribution in [3.63, 3.8) is 0 Å². The van der Waals surface area contributed by atoms with Gasteiger partial charge < -0.3 is 4.80 Å². The van der Waals surface area contributed by atoms with Gasteiger partial charge in [-0.3, -0.25) is 0 Å². The van der Waals surface area contributed by atoms with Gasteiger partial charge in [-0.05, 0) is 5.54 Å². The van der Waals surface area contributed by atoms with Crippen molar-refractivity contribution in [1.29, 1.82) is 0 Å². The standard InChI is InChI=1S/C7H18OSi/c1-3-5-6-7(4-2)9-8/h7-8H,3-6,9H2,1-2H3. The van der Waals surface area contributed by atoms with Crippen molar-refractivity contribution < 1.29 is 4.80 Å². The lowest BCUT2D eigenvalue weighted by Gasteiger charge is -2.07. The van der Waals surface area contributed by atoms with Gasteiger partial charge in [-0.15, -0.1) is 0 Å². The highest BCUT2D eigenvalue weighted by Crippen LogP contribution is 2.15. The molecule has 56 valence electrons. The second-order valence-corrected chi connectivity index (χ2v) is 4.12. The van der Waals surface area contributed by atoms with Crippen molar-refractivity contribution in [2.45, 2.75) is 45.1 Å². The molecule has 0 bridgehead atoms. The first-order chi connectivity index (χ1) is 4.35. The Morgan fingerprint density at radius 3 is 2.44 bits per heavy atom. The Morgan fingerprint density at radius 2 is 2.11 bits per heavy atom. The van der Waals surface area contributed by atoms with Crippen LogP contribution in [0, 0.1) is 0 Å². The van der Waals surface area contributed by atoms with Gasteiger partial charge in [-0.25, -0.2) is 0 Å². The van der Waals surface area contributed by atoms with Gasteiger partial charge in [0.15, 0.2) is 9.76 Å². The van der Waals surface area contributed by atoms with Crippen molar-refractivity contribution >= 4 is 9.76 Å². The van der Waals surface area contributed by atoms with Gasteiger partial charge in [0.05, 0.1) is 0 Å². The van der Waals surface area contributed by atoms with Gasteiger partial charge in [-0.1, -0.05) is 39.5 Å². The fraction of sp³-hybridized carbons (Fsp3) is 1.00. The van der Waals surface area contributed by atoms with Crippen LogP contribution in [0.1, 0.15) is 39.5 Å². The van der Waals surface area contributed by atoms with Crippen LogP contribution in [0.2, 0.25) is 5.54 Å². The summed E-state index contributed by atoms with van der Waals surface area (Å²) in [5.41, 5.74) is 0.699. The van der Waals surface area contributed by atoms with E-state index in [1.165, 1.54) is 25.7 Å². The maximum absolute atomic E-state index is 8.89. The number of rotatable bonds is 5. The zero-order chi connectivity index (χ0) is 7.11. The Morgan fingerprint density at radius 1 is 1.44 bits per heavy atom. The van der Waals surface area contributed by atoms with Crippen molar-refractivity contribution in [1.82, 2.24) is 0 Å². The van der Waals surface area contributed by atoms with Crippen molar-refractivity contribution in [3.05, 3.63) is 0 Å². The van der Waals surface area contributed by atoms with Crippen LogP contribution in [0.25, 0.3) is 0 Å². The monoisotopic (exact) mass is 146 g/mol.